The van der Waals surface area contributed by atoms with Gasteiger partial charge in [-0.3, -0.25) is 9.59 Å². The number of aryl methyl sites for hydroxylation is 1. The van der Waals surface area contributed by atoms with Gasteiger partial charge in [0.05, 0.1) is 11.5 Å². The van der Waals surface area contributed by atoms with Crippen LogP contribution in [-0.2, 0) is 9.59 Å². The first-order valence-electron chi connectivity index (χ1n) is 7.07. The molecule has 1 aromatic carbocycles. The van der Waals surface area contributed by atoms with Gasteiger partial charge >= 0.3 is 0 Å². The summed E-state index contributed by atoms with van der Waals surface area (Å²) in [5, 5.41) is 2.93. The topological polar surface area (TPSA) is 49.4 Å². The average Bonchev–Trinajstić information content (AvgIpc) is 2.80. The van der Waals surface area contributed by atoms with Gasteiger partial charge in [-0.05, 0) is 32.9 Å². The molecule has 1 heterocycles. The minimum absolute atomic E-state index is 0.0350. The maximum absolute atomic E-state index is 12.1. The third-order valence-corrected chi connectivity index (χ3v) is 4.42. The van der Waals surface area contributed by atoms with Crippen LogP contribution >= 0.6 is 11.6 Å². The fraction of sp³-hybridized carbons (Fsp3) is 0.500. The maximum atomic E-state index is 12.1. The summed E-state index contributed by atoms with van der Waals surface area (Å²) < 4.78 is 0. The lowest BCUT2D eigenvalue weighted by atomic mass is 9.95. The molecule has 1 aliphatic rings. The molecular formula is C16H21ClN2O2. The molecule has 0 radical (unpaired) electrons. The van der Waals surface area contributed by atoms with Crippen molar-refractivity contribution in [2.24, 2.45) is 5.41 Å². The molecule has 0 saturated carbocycles. The van der Waals surface area contributed by atoms with Crippen LogP contribution in [-0.4, -0.2) is 30.3 Å². The van der Waals surface area contributed by atoms with Crippen molar-refractivity contribution in [2.45, 2.75) is 33.2 Å². The standard InChI is InChI=1S/C16H21ClN2O2/c1-11-4-6-13(7-5-11)19-9-12(8-14(19)20)18-15(21)16(2,3)10-17/h4-7,12H,8-10H2,1-3H3,(H,18,21)/t12-/m1/s1. The van der Waals surface area contributed by atoms with E-state index in [1.165, 1.54) is 0 Å². The number of halogens is 1. The lowest BCUT2D eigenvalue weighted by Crippen LogP contribution is -2.44. The number of carbonyl (C=O) groups excluding carboxylic acids is 2. The minimum Gasteiger partial charge on any atom is -0.351 e. The van der Waals surface area contributed by atoms with Gasteiger partial charge < -0.3 is 10.2 Å². The van der Waals surface area contributed by atoms with Crippen LogP contribution in [0, 0.1) is 12.3 Å². The monoisotopic (exact) mass is 308 g/mol. The second kappa shape index (κ2) is 6.06. The largest absolute Gasteiger partial charge is 0.351 e. The van der Waals surface area contributed by atoms with Crippen LogP contribution < -0.4 is 10.2 Å². The van der Waals surface area contributed by atoms with Crippen LogP contribution in [0.2, 0.25) is 0 Å². The Bertz CT molecular complexity index is 540. The molecule has 21 heavy (non-hydrogen) atoms. The van der Waals surface area contributed by atoms with Gasteiger partial charge in [0, 0.05) is 24.5 Å². The Labute approximate surface area is 130 Å². The summed E-state index contributed by atoms with van der Waals surface area (Å²) in [5.41, 5.74) is 1.40. The molecule has 1 aromatic rings. The number of rotatable bonds is 4. The number of carbonyl (C=O) groups is 2. The quantitative estimate of drug-likeness (QED) is 0.869. The van der Waals surface area contributed by atoms with Crippen LogP contribution in [0.25, 0.3) is 0 Å². The third kappa shape index (κ3) is 3.56. The van der Waals surface area contributed by atoms with Gasteiger partial charge in [0.1, 0.15) is 0 Å². The highest BCUT2D eigenvalue weighted by molar-refractivity contribution is 6.19. The highest BCUT2D eigenvalue weighted by Gasteiger charge is 2.35. The maximum Gasteiger partial charge on any atom is 0.229 e. The molecule has 114 valence electrons. The van der Waals surface area contributed by atoms with E-state index in [-0.39, 0.29) is 23.7 Å². The lowest BCUT2D eigenvalue weighted by Gasteiger charge is -2.23. The molecule has 0 bridgehead atoms. The van der Waals surface area contributed by atoms with E-state index in [0.717, 1.165) is 11.3 Å². The first-order chi connectivity index (χ1) is 9.83. The number of benzene rings is 1. The summed E-state index contributed by atoms with van der Waals surface area (Å²) >= 11 is 5.80. The Kier molecular flexibility index (Phi) is 4.57. The zero-order valence-electron chi connectivity index (χ0n) is 12.6. The van der Waals surface area contributed by atoms with E-state index in [2.05, 4.69) is 5.32 Å². The van der Waals surface area contributed by atoms with E-state index >= 15 is 0 Å². The average molecular weight is 309 g/mol. The van der Waals surface area contributed by atoms with Crippen LogP contribution in [0.4, 0.5) is 5.69 Å². The van der Waals surface area contributed by atoms with Gasteiger partial charge in [0.2, 0.25) is 11.8 Å². The summed E-state index contributed by atoms with van der Waals surface area (Å²) in [6.45, 7) is 6.10. The Morgan fingerprint density at radius 1 is 1.38 bits per heavy atom. The molecule has 5 heteroatoms. The SMILES string of the molecule is Cc1ccc(N2C[C@H](NC(=O)C(C)(C)CCl)CC2=O)cc1. The summed E-state index contributed by atoms with van der Waals surface area (Å²) in [6.07, 6.45) is 0.331. The van der Waals surface area contributed by atoms with Gasteiger partial charge in [0.25, 0.3) is 0 Å². The van der Waals surface area contributed by atoms with Crippen molar-refractivity contribution < 1.29 is 9.59 Å². The molecule has 0 spiro atoms. The van der Waals surface area contributed by atoms with Gasteiger partial charge in [-0.25, -0.2) is 0 Å². The fourth-order valence-electron chi connectivity index (χ4n) is 2.22. The smallest absolute Gasteiger partial charge is 0.229 e. The summed E-state index contributed by atoms with van der Waals surface area (Å²) in [7, 11) is 0. The highest BCUT2D eigenvalue weighted by atomic mass is 35.5. The Morgan fingerprint density at radius 2 is 2.00 bits per heavy atom. The molecule has 2 rings (SSSR count). The molecule has 0 aliphatic carbocycles. The van der Waals surface area contributed by atoms with E-state index in [0.29, 0.717) is 13.0 Å². The Balaban J connectivity index is 2.03. The van der Waals surface area contributed by atoms with E-state index in [9.17, 15) is 9.59 Å². The van der Waals surface area contributed by atoms with Crippen LogP contribution in [0.15, 0.2) is 24.3 Å². The van der Waals surface area contributed by atoms with Crippen molar-refractivity contribution in [2.75, 3.05) is 17.3 Å². The van der Waals surface area contributed by atoms with Crippen molar-refractivity contribution in [1.82, 2.24) is 5.32 Å². The van der Waals surface area contributed by atoms with Gasteiger partial charge in [-0.15, -0.1) is 11.6 Å². The van der Waals surface area contributed by atoms with E-state index in [4.69, 9.17) is 11.6 Å². The number of nitrogens with zero attached hydrogens (tertiary/aromatic N) is 1. The predicted molar refractivity (Wildman–Crippen MR) is 84.6 cm³/mol. The zero-order valence-corrected chi connectivity index (χ0v) is 13.4. The second-order valence-corrected chi connectivity index (χ2v) is 6.50. The van der Waals surface area contributed by atoms with Crippen LogP contribution in [0.3, 0.4) is 0 Å². The number of alkyl halides is 1. The summed E-state index contributed by atoms with van der Waals surface area (Å²) in [5.74, 6) is 0.176. The number of nitrogens with one attached hydrogen (secondary N) is 1. The molecule has 0 unspecified atom stereocenters. The Hall–Kier alpha value is -1.55. The minimum atomic E-state index is -0.623. The fourth-order valence-corrected chi connectivity index (χ4v) is 2.34. The predicted octanol–water partition coefficient (Wildman–Crippen LogP) is 2.48. The van der Waals surface area contributed by atoms with E-state index in [1.807, 2.05) is 31.2 Å². The first kappa shape index (κ1) is 15.8. The van der Waals surface area contributed by atoms with Gasteiger partial charge in [0.15, 0.2) is 0 Å². The lowest BCUT2D eigenvalue weighted by molar-refractivity contribution is -0.128. The molecule has 1 atom stereocenters. The van der Waals surface area contributed by atoms with Crippen molar-refractivity contribution in [3.05, 3.63) is 29.8 Å². The molecule has 1 N–H and O–H groups in total. The molecule has 4 nitrogen and oxygen atoms in total. The molecule has 2 amide bonds. The van der Waals surface area contributed by atoms with Crippen molar-refractivity contribution >= 4 is 29.1 Å². The van der Waals surface area contributed by atoms with E-state index in [1.54, 1.807) is 18.7 Å². The van der Waals surface area contributed by atoms with E-state index < -0.39 is 5.41 Å². The van der Waals surface area contributed by atoms with Gasteiger partial charge in [-0.2, -0.15) is 0 Å². The summed E-state index contributed by atoms with van der Waals surface area (Å²) in [4.78, 5) is 26.0. The molecule has 1 saturated heterocycles. The molecule has 0 aromatic heterocycles. The number of hydrogen-bond acceptors (Lipinski definition) is 2. The van der Waals surface area contributed by atoms with Crippen molar-refractivity contribution in [1.29, 1.82) is 0 Å². The number of hydrogen-bond donors (Lipinski definition) is 1. The van der Waals surface area contributed by atoms with Crippen LogP contribution in [0.5, 0.6) is 0 Å². The summed E-state index contributed by atoms with van der Waals surface area (Å²) in [6, 6.07) is 7.66. The normalized spacial score (nSPS) is 19.0. The second-order valence-electron chi connectivity index (χ2n) is 6.23. The third-order valence-electron chi connectivity index (χ3n) is 3.75. The first-order valence-corrected chi connectivity index (χ1v) is 7.61. The van der Waals surface area contributed by atoms with Crippen molar-refractivity contribution in [3.63, 3.8) is 0 Å². The number of amides is 2. The molecule has 1 aliphatic heterocycles. The highest BCUT2D eigenvalue weighted by Crippen LogP contribution is 2.23. The van der Waals surface area contributed by atoms with Gasteiger partial charge in [-0.1, -0.05) is 17.7 Å². The zero-order chi connectivity index (χ0) is 15.6. The van der Waals surface area contributed by atoms with Crippen molar-refractivity contribution in [3.8, 4) is 0 Å². The number of anilines is 1. The molecular weight excluding hydrogens is 288 g/mol. The Morgan fingerprint density at radius 3 is 2.57 bits per heavy atom. The van der Waals surface area contributed by atoms with Crippen LogP contribution in [0.1, 0.15) is 25.8 Å². The molecule has 1 fully saturated rings.